The van der Waals surface area contributed by atoms with Crippen molar-refractivity contribution < 1.29 is 13.5 Å². The number of benzene rings is 1. The molecule has 2 atom stereocenters. The molecule has 0 saturated heterocycles. The summed E-state index contributed by atoms with van der Waals surface area (Å²) >= 11 is 0. The van der Waals surface area contributed by atoms with Crippen LogP contribution in [0.2, 0.25) is 0 Å². The van der Waals surface area contributed by atoms with Crippen LogP contribution in [0.15, 0.2) is 30.6 Å². The van der Waals surface area contributed by atoms with Gasteiger partial charge in [-0.3, -0.25) is 0 Å². The lowest BCUT2D eigenvalue weighted by atomic mass is 10.2. The summed E-state index contributed by atoms with van der Waals surface area (Å²) in [5.74, 6) is -0.586. The van der Waals surface area contributed by atoms with Gasteiger partial charge in [-0.25, -0.2) is 13.8 Å². The van der Waals surface area contributed by atoms with Crippen molar-refractivity contribution in [3.05, 3.63) is 42.2 Å². The van der Waals surface area contributed by atoms with Crippen LogP contribution < -0.4 is 10.1 Å². The molecule has 0 unspecified atom stereocenters. The summed E-state index contributed by atoms with van der Waals surface area (Å²) in [5.41, 5.74) is 0.514. The second-order valence-corrected chi connectivity index (χ2v) is 5.67. The molecular weight excluding hydrogens is 318 g/mol. The molecule has 0 bridgehead atoms. The highest BCUT2D eigenvalue weighted by atomic mass is 19.1. The summed E-state index contributed by atoms with van der Waals surface area (Å²) < 4.78 is 33.9. The number of hydrogen-bond donors (Lipinski definition) is 1. The minimum Gasteiger partial charge on any atom is -0.488 e. The van der Waals surface area contributed by atoms with Crippen LogP contribution in [-0.4, -0.2) is 37.2 Å². The first-order valence-corrected chi connectivity index (χ1v) is 7.61. The zero-order valence-electron chi connectivity index (χ0n) is 12.6. The molecular formula is C15H14F2N6O. The Bertz CT molecular complexity index is 850. The molecule has 0 amide bonds. The third-order valence-corrected chi connectivity index (χ3v) is 4.01. The van der Waals surface area contributed by atoms with Crippen molar-refractivity contribution in [1.29, 1.82) is 0 Å². The van der Waals surface area contributed by atoms with E-state index in [0.29, 0.717) is 11.5 Å². The zero-order valence-corrected chi connectivity index (χ0v) is 12.6. The maximum absolute atomic E-state index is 13.3. The molecule has 24 heavy (non-hydrogen) atoms. The topological polar surface area (TPSA) is 77.2 Å². The summed E-state index contributed by atoms with van der Waals surface area (Å²) in [6.07, 6.45) is 5.60. The minimum absolute atomic E-state index is 0.0493. The molecule has 1 aliphatic carbocycles. The average Bonchev–Trinajstić information content (AvgIpc) is 3.16. The SMILES string of the molecule is Fc1cc(F)cc(O[C@@H]2CCC[C@@H]2Nc2nccn3nnnc23)c1. The maximum Gasteiger partial charge on any atom is 0.221 e. The van der Waals surface area contributed by atoms with Crippen molar-refractivity contribution in [3.8, 4) is 5.75 Å². The zero-order chi connectivity index (χ0) is 16.5. The number of anilines is 1. The third kappa shape index (κ3) is 2.84. The standard InChI is InChI=1S/C15H14F2N6O/c16-9-6-10(17)8-11(7-9)24-13-3-1-2-12(13)19-14-15-20-21-22-23(15)5-4-18-14/h4-8,12-13H,1-3H2,(H,18,19)/t12-,13+/m0/s1. The number of aromatic nitrogens is 5. The van der Waals surface area contributed by atoms with Crippen LogP contribution in [0.1, 0.15) is 19.3 Å². The average molecular weight is 332 g/mol. The molecule has 2 aromatic heterocycles. The largest absolute Gasteiger partial charge is 0.488 e. The van der Waals surface area contributed by atoms with Gasteiger partial charge in [0.2, 0.25) is 5.65 Å². The summed E-state index contributed by atoms with van der Waals surface area (Å²) in [4.78, 5) is 4.26. The van der Waals surface area contributed by atoms with Gasteiger partial charge in [-0.05, 0) is 29.7 Å². The van der Waals surface area contributed by atoms with Gasteiger partial charge in [-0.15, -0.1) is 5.10 Å². The van der Waals surface area contributed by atoms with Gasteiger partial charge in [-0.2, -0.15) is 4.52 Å². The van der Waals surface area contributed by atoms with Crippen LogP contribution in [0.3, 0.4) is 0 Å². The van der Waals surface area contributed by atoms with Gasteiger partial charge in [0.1, 0.15) is 23.5 Å². The fourth-order valence-electron chi connectivity index (χ4n) is 2.96. The molecule has 4 rings (SSSR count). The molecule has 9 heteroatoms. The molecule has 1 aromatic carbocycles. The fraction of sp³-hybridized carbons (Fsp3) is 0.333. The lowest BCUT2D eigenvalue weighted by molar-refractivity contribution is 0.196. The van der Waals surface area contributed by atoms with Gasteiger partial charge in [0.15, 0.2) is 5.82 Å². The number of hydrogen-bond acceptors (Lipinski definition) is 6. The van der Waals surface area contributed by atoms with Crippen LogP contribution in [0.25, 0.3) is 5.65 Å². The minimum atomic E-state index is -0.659. The summed E-state index contributed by atoms with van der Waals surface area (Å²) in [6.45, 7) is 0. The molecule has 1 N–H and O–H groups in total. The number of nitrogens with one attached hydrogen (secondary N) is 1. The summed E-state index contributed by atoms with van der Waals surface area (Å²) in [7, 11) is 0. The van der Waals surface area contributed by atoms with Crippen molar-refractivity contribution in [2.75, 3.05) is 5.32 Å². The van der Waals surface area contributed by atoms with E-state index in [-0.39, 0.29) is 17.9 Å². The van der Waals surface area contributed by atoms with Crippen molar-refractivity contribution >= 4 is 11.5 Å². The number of halogens is 2. The van der Waals surface area contributed by atoms with Crippen LogP contribution in [0, 0.1) is 11.6 Å². The van der Waals surface area contributed by atoms with Gasteiger partial charge < -0.3 is 10.1 Å². The van der Waals surface area contributed by atoms with Crippen LogP contribution >= 0.6 is 0 Å². The van der Waals surface area contributed by atoms with Gasteiger partial charge in [-0.1, -0.05) is 0 Å². The van der Waals surface area contributed by atoms with Gasteiger partial charge in [0.25, 0.3) is 0 Å². The monoisotopic (exact) mass is 332 g/mol. The lowest BCUT2D eigenvalue weighted by Crippen LogP contribution is -2.33. The Morgan fingerprint density at radius 2 is 2.00 bits per heavy atom. The van der Waals surface area contributed by atoms with E-state index in [1.807, 2.05) is 0 Å². The van der Waals surface area contributed by atoms with E-state index in [1.165, 1.54) is 16.6 Å². The van der Waals surface area contributed by atoms with Crippen LogP contribution in [0.5, 0.6) is 5.75 Å². The molecule has 0 aliphatic heterocycles. The lowest BCUT2D eigenvalue weighted by Gasteiger charge is -2.22. The smallest absolute Gasteiger partial charge is 0.221 e. The van der Waals surface area contributed by atoms with Crippen molar-refractivity contribution in [1.82, 2.24) is 25.0 Å². The third-order valence-electron chi connectivity index (χ3n) is 4.01. The van der Waals surface area contributed by atoms with Gasteiger partial charge >= 0.3 is 0 Å². The van der Waals surface area contributed by atoms with Crippen LogP contribution in [0.4, 0.5) is 14.6 Å². The Kier molecular flexibility index (Phi) is 3.68. The number of fused-ring (bicyclic) bond motifs is 1. The number of rotatable bonds is 4. The quantitative estimate of drug-likeness (QED) is 0.789. The second kappa shape index (κ2) is 5.99. The number of tetrazole rings is 1. The van der Waals surface area contributed by atoms with Gasteiger partial charge in [0, 0.05) is 24.4 Å². The second-order valence-electron chi connectivity index (χ2n) is 5.67. The van der Waals surface area contributed by atoms with E-state index in [2.05, 4.69) is 25.8 Å². The Balaban J connectivity index is 1.53. The molecule has 3 aromatic rings. The van der Waals surface area contributed by atoms with E-state index in [4.69, 9.17) is 4.74 Å². The first-order chi connectivity index (χ1) is 11.7. The molecule has 2 heterocycles. The highest BCUT2D eigenvalue weighted by Gasteiger charge is 2.30. The maximum atomic E-state index is 13.3. The Morgan fingerprint density at radius 3 is 2.83 bits per heavy atom. The number of ether oxygens (including phenoxy) is 1. The highest BCUT2D eigenvalue weighted by Crippen LogP contribution is 2.28. The summed E-state index contributed by atoms with van der Waals surface area (Å²) in [6, 6.07) is 3.13. The molecule has 1 saturated carbocycles. The first-order valence-electron chi connectivity index (χ1n) is 7.61. The molecule has 1 fully saturated rings. The molecule has 1 aliphatic rings. The van der Waals surface area contributed by atoms with E-state index < -0.39 is 11.6 Å². The molecule has 7 nitrogen and oxygen atoms in total. The van der Waals surface area contributed by atoms with Gasteiger partial charge in [0.05, 0.1) is 12.2 Å². The fourth-order valence-corrected chi connectivity index (χ4v) is 2.96. The Hall–Kier alpha value is -2.84. The Morgan fingerprint density at radius 1 is 1.17 bits per heavy atom. The highest BCUT2D eigenvalue weighted by molar-refractivity contribution is 5.61. The van der Waals surface area contributed by atoms with E-state index in [1.54, 1.807) is 12.4 Å². The molecule has 124 valence electrons. The molecule has 0 radical (unpaired) electrons. The normalized spacial score (nSPS) is 20.4. The van der Waals surface area contributed by atoms with Crippen molar-refractivity contribution in [3.63, 3.8) is 0 Å². The van der Waals surface area contributed by atoms with Crippen LogP contribution in [-0.2, 0) is 0 Å². The molecule has 0 spiro atoms. The van der Waals surface area contributed by atoms with E-state index >= 15 is 0 Å². The number of nitrogens with zero attached hydrogens (tertiary/aromatic N) is 5. The first kappa shape index (κ1) is 14.7. The predicted octanol–water partition coefficient (Wildman–Crippen LogP) is 2.21. The summed E-state index contributed by atoms with van der Waals surface area (Å²) in [5, 5.41) is 14.6. The van der Waals surface area contributed by atoms with E-state index in [9.17, 15) is 8.78 Å². The van der Waals surface area contributed by atoms with Crippen molar-refractivity contribution in [2.45, 2.75) is 31.4 Å². The predicted molar refractivity (Wildman–Crippen MR) is 80.6 cm³/mol. The van der Waals surface area contributed by atoms with Crippen molar-refractivity contribution in [2.24, 2.45) is 0 Å². The Labute approximate surface area is 135 Å². The van der Waals surface area contributed by atoms with E-state index in [0.717, 1.165) is 25.3 Å².